The molecule has 2 aromatic carbocycles. The van der Waals surface area contributed by atoms with Crippen LogP contribution < -0.4 is 10.1 Å². The number of amides is 1. The van der Waals surface area contributed by atoms with Crippen molar-refractivity contribution in [3.05, 3.63) is 90.1 Å². The molecular weight excluding hydrogens is 382 g/mol. The average Bonchev–Trinajstić information content (AvgIpc) is 2.72. The Morgan fingerprint density at radius 1 is 0.964 bits per heavy atom. The summed E-state index contributed by atoms with van der Waals surface area (Å²) in [7, 11) is 0. The molecule has 1 N–H and O–H groups in total. The van der Waals surface area contributed by atoms with Gasteiger partial charge in [-0.15, -0.1) is 0 Å². The highest BCUT2D eigenvalue weighted by Gasteiger charge is 2.17. The van der Waals surface area contributed by atoms with E-state index in [0.717, 1.165) is 16.2 Å². The molecule has 1 atom stereocenters. The van der Waals surface area contributed by atoms with E-state index in [1.165, 1.54) is 23.9 Å². The third-order valence-electron chi connectivity index (χ3n) is 3.87. The summed E-state index contributed by atoms with van der Waals surface area (Å²) in [6, 6.07) is 20.8. The Balaban J connectivity index is 1.73. The maximum Gasteiger partial charge on any atom is 0.387 e. The third-order valence-corrected chi connectivity index (χ3v) is 4.81. The molecule has 3 rings (SSSR count). The van der Waals surface area contributed by atoms with Crippen LogP contribution in [0.2, 0.25) is 0 Å². The van der Waals surface area contributed by atoms with Crippen molar-refractivity contribution in [2.75, 3.05) is 5.75 Å². The number of benzene rings is 2. The van der Waals surface area contributed by atoms with E-state index in [1.54, 1.807) is 18.3 Å². The van der Waals surface area contributed by atoms with Crippen molar-refractivity contribution >= 4 is 17.7 Å². The number of pyridine rings is 1. The van der Waals surface area contributed by atoms with E-state index in [2.05, 4.69) is 15.0 Å². The van der Waals surface area contributed by atoms with E-state index in [-0.39, 0.29) is 17.4 Å². The van der Waals surface area contributed by atoms with Crippen molar-refractivity contribution < 1.29 is 18.3 Å². The van der Waals surface area contributed by atoms with Gasteiger partial charge in [-0.1, -0.05) is 60.3 Å². The van der Waals surface area contributed by atoms with E-state index in [4.69, 9.17) is 0 Å². The zero-order chi connectivity index (χ0) is 19.8. The van der Waals surface area contributed by atoms with Gasteiger partial charge in [0, 0.05) is 6.20 Å². The number of halogens is 2. The smallest absolute Gasteiger partial charge is 0.387 e. The summed E-state index contributed by atoms with van der Waals surface area (Å²) in [4.78, 5) is 16.7. The molecule has 4 nitrogen and oxygen atoms in total. The normalized spacial score (nSPS) is 11.8. The van der Waals surface area contributed by atoms with Crippen molar-refractivity contribution in [1.29, 1.82) is 0 Å². The van der Waals surface area contributed by atoms with Crippen molar-refractivity contribution in [3.63, 3.8) is 0 Å². The van der Waals surface area contributed by atoms with Crippen molar-refractivity contribution in [3.8, 4) is 5.75 Å². The Morgan fingerprint density at radius 3 is 2.29 bits per heavy atom. The van der Waals surface area contributed by atoms with Crippen LogP contribution in [0.3, 0.4) is 0 Å². The zero-order valence-electron chi connectivity index (χ0n) is 14.8. The third kappa shape index (κ3) is 5.79. The molecule has 0 bridgehead atoms. The highest BCUT2D eigenvalue weighted by atomic mass is 32.2. The number of thioether (sulfide) groups is 1. The van der Waals surface area contributed by atoms with Crippen LogP contribution in [0.5, 0.6) is 5.75 Å². The first kappa shape index (κ1) is 19.8. The van der Waals surface area contributed by atoms with Crippen LogP contribution in [0.25, 0.3) is 0 Å². The summed E-state index contributed by atoms with van der Waals surface area (Å²) >= 11 is 1.34. The molecule has 1 aromatic heterocycles. The lowest BCUT2D eigenvalue weighted by atomic mass is 9.98. The summed E-state index contributed by atoms with van der Waals surface area (Å²) in [5, 5.41) is 3.77. The molecule has 0 saturated heterocycles. The van der Waals surface area contributed by atoms with Gasteiger partial charge in [0.1, 0.15) is 5.75 Å². The van der Waals surface area contributed by atoms with Gasteiger partial charge in [0.2, 0.25) is 5.91 Å². The number of ether oxygens (including phenoxy) is 1. The van der Waals surface area contributed by atoms with E-state index in [0.29, 0.717) is 0 Å². The monoisotopic (exact) mass is 400 g/mol. The number of alkyl halides is 2. The van der Waals surface area contributed by atoms with Crippen LogP contribution in [-0.4, -0.2) is 23.3 Å². The van der Waals surface area contributed by atoms with E-state index in [1.807, 2.05) is 48.5 Å². The van der Waals surface area contributed by atoms with Crippen molar-refractivity contribution in [2.24, 2.45) is 0 Å². The lowest BCUT2D eigenvalue weighted by Crippen LogP contribution is -2.30. The van der Waals surface area contributed by atoms with Gasteiger partial charge >= 0.3 is 6.61 Å². The number of aromatic nitrogens is 1. The topological polar surface area (TPSA) is 51.2 Å². The molecule has 0 aliphatic heterocycles. The molecule has 144 valence electrons. The fourth-order valence-electron chi connectivity index (χ4n) is 2.62. The zero-order valence-corrected chi connectivity index (χ0v) is 15.6. The van der Waals surface area contributed by atoms with Gasteiger partial charge in [-0.25, -0.2) is 4.98 Å². The minimum absolute atomic E-state index is 0.0718. The van der Waals surface area contributed by atoms with Crippen molar-refractivity contribution in [2.45, 2.75) is 17.7 Å². The van der Waals surface area contributed by atoms with E-state index < -0.39 is 12.7 Å². The first-order valence-electron chi connectivity index (χ1n) is 8.55. The first-order valence-corrected chi connectivity index (χ1v) is 9.53. The van der Waals surface area contributed by atoms with Crippen LogP contribution in [0, 0.1) is 0 Å². The second-order valence-corrected chi connectivity index (χ2v) is 6.81. The minimum atomic E-state index is -2.88. The fraction of sp³-hybridized carbons (Fsp3) is 0.143. The summed E-state index contributed by atoms with van der Waals surface area (Å²) in [6.45, 7) is -2.88. The molecule has 0 spiro atoms. The Morgan fingerprint density at radius 2 is 1.64 bits per heavy atom. The van der Waals surface area contributed by atoms with Crippen molar-refractivity contribution in [1.82, 2.24) is 10.3 Å². The van der Waals surface area contributed by atoms with Crippen LogP contribution in [0.1, 0.15) is 17.2 Å². The van der Waals surface area contributed by atoms with Crippen LogP contribution in [-0.2, 0) is 4.79 Å². The molecule has 0 radical (unpaired) electrons. The first-order chi connectivity index (χ1) is 13.6. The predicted molar refractivity (Wildman–Crippen MR) is 104 cm³/mol. The molecule has 3 aromatic rings. The highest BCUT2D eigenvalue weighted by molar-refractivity contribution is 7.99. The predicted octanol–water partition coefficient (Wildman–Crippen LogP) is 4.68. The molecule has 1 heterocycles. The molecule has 1 amide bonds. The van der Waals surface area contributed by atoms with Gasteiger partial charge in [0.05, 0.1) is 16.8 Å². The molecule has 0 fully saturated rings. The number of rotatable bonds is 8. The summed E-state index contributed by atoms with van der Waals surface area (Å²) in [5.41, 5.74) is 1.66. The number of carbonyl (C=O) groups is 1. The number of hydrogen-bond donors (Lipinski definition) is 1. The summed E-state index contributed by atoms with van der Waals surface area (Å²) in [6.07, 6.45) is 1.68. The Bertz CT molecular complexity index is 878. The lowest BCUT2D eigenvalue weighted by molar-refractivity contribution is -0.119. The van der Waals surface area contributed by atoms with Gasteiger partial charge in [-0.05, 0) is 35.4 Å². The molecule has 0 aliphatic carbocycles. The minimum Gasteiger partial charge on any atom is -0.435 e. The Labute approximate surface area is 166 Å². The van der Waals surface area contributed by atoms with Gasteiger partial charge < -0.3 is 10.1 Å². The Kier molecular flexibility index (Phi) is 6.97. The second-order valence-electron chi connectivity index (χ2n) is 5.82. The molecule has 0 aliphatic rings. The lowest BCUT2D eigenvalue weighted by Gasteiger charge is -2.20. The van der Waals surface area contributed by atoms with Gasteiger partial charge in [-0.3, -0.25) is 4.79 Å². The quantitative estimate of drug-likeness (QED) is 0.558. The average molecular weight is 400 g/mol. The van der Waals surface area contributed by atoms with Gasteiger partial charge in [0.15, 0.2) is 0 Å². The molecular formula is C21H18F2N2O2S. The maximum atomic E-state index is 12.5. The van der Waals surface area contributed by atoms with Gasteiger partial charge in [-0.2, -0.15) is 8.78 Å². The maximum absolute atomic E-state index is 12.5. The molecule has 28 heavy (non-hydrogen) atoms. The number of carbonyl (C=O) groups excluding carboxylic acids is 1. The van der Waals surface area contributed by atoms with Crippen LogP contribution in [0.4, 0.5) is 8.78 Å². The second kappa shape index (κ2) is 9.85. The SMILES string of the molecule is O=C(CSc1ccccn1)N[C@@H](c1ccccc1)c1ccc(OC(F)F)cc1. The summed E-state index contributed by atoms with van der Waals surface area (Å²) in [5.74, 6) is 0.132. The van der Waals surface area contributed by atoms with E-state index >= 15 is 0 Å². The van der Waals surface area contributed by atoms with Gasteiger partial charge in [0.25, 0.3) is 0 Å². The molecule has 7 heteroatoms. The molecule has 0 unspecified atom stereocenters. The largest absolute Gasteiger partial charge is 0.435 e. The Hall–Kier alpha value is -2.93. The summed E-state index contributed by atoms with van der Waals surface area (Å²) < 4.78 is 29.1. The number of nitrogens with zero attached hydrogens (tertiary/aromatic N) is 1. The van der Waals surface area contributed by atoms with Crippen LogP contribution >= 0.6 is 11.8 Å². The number of nitrogens with one attached hydrogen (secondary N) is 1. The number of hydrogen-bond acceptors (Lipinski definition) is 4. The molecule has 0 saturated carbocycles. The fourth-order valence-corrected chi connectivity index (χ4v) is 3.29. The van der Waals surface area contributed by atoms with Crippen LogP contribution in [0.15, 0.2) is 84.0 Å². The highest BCUT2D eigenvalue weighted by Crippen LogP contribution is 2.25. The van der Waals surface area contributed by atoms with E-state index in [9.17, 15) is 13.6 Å². The standard InChI is InChI=1S/C21H18F2N2O2S/c22-21(23)27-17-11-9-16(10-12-17)20(15-6-2-1-3-7-15)25-18(26)14-28-19-8-4-5-13-24-19/h1-13,20-21H,14H2,(H,25,26)/t20-/m0/s1.